The summed E-state index contributed by atoms with van der Waals surface area (Å²) in [5, 5.41) is 6.21. The van der Waals surface area contributed by atoms with E-state index in [0.717, 1.165) is 50.1 Å². The lowest BCUT2D eigenvalue weighted by molar-refractivity contribution is 0.0943. The molecule has 0 fully saturated rings. The van der Waals surface area contributed by atoms with E-state index in [1.165, 1.54) is 90.1 Å². The SMILES string of the molecule is CCCCCCN(CCCC)CCCNC(=O)c1ccc(-c2ccc(C(=O)NCCCN(CCCC)CCCCCC)cc2)cc1. The molecule has 0 radical (unpaired) electrons. The summed E-state index contributed by atoms with van der Waals surface area (Å²) in [6.45, 7) is 17.1. The van der Waals surface area contributed by atoms with Gasteiger partial charge in [0.2, 0.25) is 0 Å². The number of rotatable bonds is 27. The van der Waals surface area contributed by atoms with Gasteiger partial charge < -0.3 is 20.4 Å². The Morgan fingerprint density at radius 2 is 0.761 bits per heavy atom. The summed E-state index contributed by atoms with van der Waals surface area (Å²) in [5.74, 6) is -0.0433. The van der Waals surface area contributed by atoms with Gasteiger partial charge in [0.1, 0.15) is 0 Å². The van der Waals surface area contributed by atoms with Gasteiger partial charge in [-0.15, -0.1) is 0 Å². The lowest BCUT2D eigenvalue weighted by Crippen LogP contribution is -2.31. The van der Waals surface area contributed by atoms with Gasteiger partial charge in [-0.2, -0.15) is 0 Å². The number of nitrogens with one attached hydrogen (secondary N) is 2. The molecule has 0 atom stereocenters. The minimum absolute atomic E-state index is 0.0217. The minimum atomic E-state index is -0.0217. The van der Waals surface area contributed by atoms with E-state index in [9.17, 15) is 9.59 Å². The van der Waals surface area contributed by atoms with Crippen LogP contribution in [-0.2, 0) is 0 Å². The van der Waals surface area contributed by atoms with Gasteiger partial charge >= 0.3 is 0 Å². The van der Waals surface area contributed by atoms with Crippen LogP contribution in [0, 0.1) is 0 Å². The van der Waals surface area contributed by atoms with Crippen molar-refractivity contribution in [1.29, 1.82) is 0 Å². The summed E-state index contributed by atoms with van der Waals surface area (Å²) >= 11 is 0. The molecule has 0 spiro atoms. The molecule has 2 rings (SSSR count). The van der Waals surface area contributed by atoms with Gasteiger partial charge in [0.15, 0.2) is 0 Å². The molecule has 0 aromatic heterocycles. The van der Waals surface area contributed by atoms with E-state index in [-0.39, 0.29) is 11.8 Å². The zero-order chi connectivity index (χ0) is 33.2. The molecule has 0 saturated heterocycles. The van der Waals surface area contributed by atoms with Crippen LogP contribution in [0.3, 0.4) is 0 Å². The van der Waals surface area contributed by atoms with Crippen molar-refractivity contribution in [2.75, 3.05) is 52.4 Å². The van der Waals surface area contributed by atoms with Crippen LogP contribution in [0.25, 0.3) is 11.1 Å². The first-order valence-electron chi connectivity index (χ1n) is 18.7. The van der Waals surface area contributed by atoms with Crippen molar-refractivity contribution in [3.05, 3.63) is 59.7 Å². The van der Waals surface area contributed by atoms with E-state index < -0.39 is 0 Å². The van der Waals surface area contributed by atoms with Crippen LogP contribution in [-0.4, -0.2) is 74.0 Å². The van der Waals surface area contributed by atoms with Gasteiger partial charge in [-0.25, -0.2) is 0 Å². The van der Waals surface area contributed by atoms with E-state index in [0.29, 0.717) is 24.2 Å². The van der Waals surface area contributed by atoms with E-state index in [4.69, 9.17) is 0 Å². The molecule has 0 aliphatic carbocycles. The van der Waals surface area contributed by atoms with Crippen LogP contribution in [0.15, 0.2) is 48.5 Å². The summed E-state index contributed by atoms with van der Waals surface area (Å²) in [7, 11) is 0. The van der Waals surface area contributed by atoms with Crippen molar-refractivity contribution in [1.82, 2.24) is 20.4 Å². The highest BCUT2D eigenvalue weighted by molar-refractivity contribution is 5.95. The van der Waals surface area contributed by atoms with Crippen LogP contribution >= 0.6 is 0 Å². The first-order valence-corrected chi connectivity index (χ1v) is 18.7. The number of carbonyl (C=O) groups excluding carboxylic acids is 2. The average molecular weight is 635 g/mol. The molecule has 0 aliphatic heterocycles. The summed E-state index contributed by atoms with van der Waals surface area (Å²) in [4.78, 5) is 30.7. The van der Waals surface area contributed by atoms with Crippen molar-refractivity contribution >= 4 is 11.8 Å². The maximum absolute atomic E-state index is 12.8. The van der Waals surface area contributed by atoms with E-state index >= 15 is 0 Å². The quantitative estimate of drug-likeness (QED) is 0.0963. The third kappa shape index (κ3) is 16.7. The average Bonchev–Trinajstić information content (AvgIpc) is 3.09. The lowest BCUT2D eigenvalue weighted by Gasteiger charge is -2.22. The van der Waals surface area contributed by atoms with Gasteiger partial charge in [0.05, 0.1) is 0 Å². The number of hydrogen-bond acceptors (Lipinski definition) is 4. The number of benzene rings is 2. The van der Waals surface area contributed by atoms with Crippen LogP contribution in [0.2, 0.25) is 0 Å². The number of amides is 2. The molecular formula is C40H66N4O2. The molecule has 0 aliphatic rings. The number of nitrogens with zero attached hydrogens (tertiary/aromatic N) is 2. The van der Waals surface area contributed by atoms with Crippen molar-refractivity contribution in [2.45, 2.75) is 118 Å². The molecule has 6 nitrogen and oxygen atoms in total. The standard InChI is InChI=1S/C40H66N4O2/c1-5-9-13-15-31-43(29-11-7-3)33-17-27-41-39(45)37-23-19-35(20-24-37)36-21-25-38(26-22-36)40(46)42-28-18-34-44(30-12-8-4)32-16-14-10-6-2/h19-26H,5-18,27-34H2,1-4H3,(H,41,45)(H,42,46). The van der Waals surface area contributed by atoms with E-state index in [2.05, 4.69) is 48.1 Å². The first kappa shape index (κ1) is 39.5. The van der Waals surface area contributed by atoms with Crippen LogP contribution in [0.4, 0.5) is 0 Å². The van der Waals surface area contributed by atoms with Gasteiger partial charge in [0.25, 0.3) is 11.8 Å². The second-order valence-corrected chi connectivity index (χ2v) is 12.9. The maximum Gasteiger partial charge on any atom is 0.251 e. The van der Waals surface area contributed by atoms with Gasteiger partial charge in [-0.3, -0.25) is 9.59 Å². The van der Waals surface area contributed by atoms with Crippen molar-refractivity contribution in [3.8, 4) is 11.1 Å². The lowest BCUT2D eigenvalue weighted by atomic mass is 10.0. The predicted octanol–water partition coefficient (Wildman–Crippen LogP) is 8.96. The highest BCUT2D eigenvalue weighted by Gasteiger charge is 2.10. The monoisotopic (exact) mass is 635 g/mol. The summed E-state index contributed by atoms with van der Waals surface area (Å²) in [5.41, 5.74) is 3.42. The van der Waals surface area contributed by atoms with E-state index in [1.54, 1.807) is 0 Å². The highest BCUT2D eigenvalue weighted by atomic mass is 16.2. The second-order valence-electron chi connectivity index (χ2n) is 12.9. The molecule has 0 bridgehead atoms. The van der Waals surface area contributed by atoms with Crippen molar-refractivity contribution < 1.29 is 9.59 Å². The Morgan fingerprint density at radius 1 is 0.435 bits per heavy atom. The molecule has 2 aromatic carbocycles. The zero-order valence-corrected chi connectivity index (χ0v) is 29.9. The minimum Gasteiger partial charge on any atom is -0.352 e. The summed E-state index contributed by atoms with van der Waals surface area (Å²) in [6.07, 6.45) is 17.2. The van der Waals surface area contributed by atoms with Crippen LogP contribution in [0.1, 0.15) is 138 Å². The van der Waals surface area contributed by atoms with Crippen molar-refractivity contribution in [2.24, 2.45) is 0 Å². The number of carbonyl (C=O) groups is 2. The fourth-order valence-corrected chi connectivity index (χ4v) is 5.80. The molecule has 2 N–H and O–H groups in total. The molecular weight excluding hydrogens is 568 g/mol. The number of hydrogen-bond donors (Lipinski definition) is 2. The van der Waals surface area contributed by atoms with Gasteiger partial charge in [-0.1, -0.05) is 103 Å². The Hall–Kier alpha value is -2.70. The summed E-state index contributed by atoms with van der Waals surface area (Å²) in [6, 6.07) is 15.5. The molecule has 0 saturated carbocycles. The fraction of sp³-hybridized carbons (Fsp3) is 0.650. The first-order chi connectivity index (χ1) is 22.5. The van der Waals surface area contributed by atoms with Crippen molar-refractivity contribution in [3.63, 3.8) is 0 Å². The predicted molar refractivity (Wildman–Crippen MR) is 197 cm³/mol. The van der Waals surface area contributed by atoms with Gasteiger partial charge in [-0.05, 0) is 113 Å². The Morgan fingerprint density at radius 3 is 1.11 bits per heavy atom. The highest BCUT2D eigenvalue weighted by Crippen LogP contribution is 2.20. The van der Waals surface area contributed by atoms with E-state index in [1.807, 2.05) is 48.5 Å². The second kappa shape index (κ2) is 25.4. The molecule has 258 valence electrons. The molecule has 2 amide bonds. The molecule has 46 heavy (non-hydrogen) atoms. The molecule has 6 heteroatoms. The topological polar surface area (TPSA) is 64.7 Å². The summed E-state index contributed by atoms with van der Waals surface area (Å²) < 4.78 is 0. The normalized spacial score (nSPS) is 11.3. The zero-order valence-electron chi connectivity index (χ0n) is 29.9. The largest absolute Gasteiger partial charge is 0.352 e. The number of unbranched alkanes of at least 4 members (excludes halogenated alkanes) is 8. The third-order valence-electron chi connectivity index (χ3n) is 8.81. The molecule has 2 aromatic rings. The molecule has 0 unspecified atom stereocenters. The molecule has 0 heterocycles. The van der Waals surface area contributed by atoms with Crippen LogP contribution in [0.5, 0.6) is 0 Å². The smallest absolute Gasteiger partial charge is 0.251 e. The maximum atomic E-state index is 12.8. The van der Waals surface area contributed by atoms with Crippen LogP contribution < -0.4 is 10.6 Å². The Bertz CT molecular complexity index is 968. The Balaban J connectivity index is 1.75. The third-order valence-corrected chi connectivity index (χ3v) is 8.81. The fourth-order valence-electron chi connectivity index (χ4n) is 5.80. The van der Waals surface area contributed by atoms with Gasteiger partial charge in [0, 0.05) is 24.2 Å². The Labute approximate surface area is 282 Å². The Kier molecular flexibility index (Phi) is 21.8.